The summed E-state index contributed by atoms with van der Waals surface area (Å²) in [5.74, 6) is 3.48. The molecule has 0 amide bonds. The summed E-state index contributed by atoms with van der Waals surface area (Å²) in [7, 11) is 2.09. The summed E-state index contributed by atoms with van der Waals surface area (Å²) in [6.45, 7) is 3.00. The molecular formula is C20H24N4OS. The van der Waals surface area contributed by atoms with E-state index >= 15 is 0 Å². The number of aromatic nitrogens is 3. The molecule has 1 saturated heterocycles. The molecule has 3 heterocycles. The Labute approximate surface area is 158 Å². The second-order valence-corrected chi connectivity index (χ2v) is 7.77. The van der Waals surface area contributed by atoms with Crippen LogP contribution in [-0.2, 0) is 19.3 Å². The molecule has 1 unspecified atom stereocenters. The van der Waals surface area contributed by atoms with Crippen LogP contribution in [0.5, 0.6) is 0 Å². The molecule has 2 aromatic heterocycles. The first-order chi connectivity index (χ1) is 12.8. The first-order valence-corrected chi connectivity index (χ1v) is 10.1. The average molecular weight is 369 g/mol. The minimum atomic E-state index is 0.433. The van der Waals surface area contributed by atoms with E-state index in [1.54, 1.807) is 18.0 Å². The van der Waals surface area contributed by atoms with E-state index in [1.807, 2.05) is 18.2 Å². The van der Waals surface area contributed by atoms with Gasteiger partial charge in [-0.2, -0.15) is 0 Å². The van der Waals surface area contributed by atoms with Gasteiger partial charge in [0.1, 0.15) is 11.6 Å². The first-order valence-electron chi connectivity index (χ1n) is 9.10. The van der Waals surface area contributed by atoms with Crippen molar-refractivity contribution in [3.05, 3.63) is 65.9 Å². The Kier molecular flexibility index (Phi) is 5.41. The predicted octanol–water partition coefficient (Wildman–Crippen LogP) is 4.08. The summed E-state index contributed by atoms with van der Waals surface area (Å²) in [5.41, 5.74) is 1.31. The van der Waals surface area contributed by atoms with E-state index in [0.29, 0.717) is 5.92 Å². The van der Waals surface area contributed by atoms with Crippen LogP contribution in [0.4, 0.5) is 0 Å². The molecule has 6 heteroatoms. The summed E-state index contributed by atoms with van der Waals surface area (Å²) in [6, 6.07) is 14.5. The Morgan fingerprint density at radius 1 is 1.15 bits per heavy atom. The fourth-order valence-corrected chi connectivity index (χ4v) is 4.44. The fraction of sp³-hybridized carbons (Fsp3) is 0.400. The molecule has 0 aliphatic carbocycles. The molecule has 1 aliphatic heterocycles. The molecule has 0 spiro atoms. The summed E-state index contributed by atoms with van der Waals surface area (Å²) in [4.78, 5) is 2.46. The van der Waals surface area contributed by atoms with Gasteiger partial charge in [0.25, 0.3) is 0 Å². The van der Waals surface area contributed by atoms with Gasteiger partial charge in [-0.25, -0.2) is 0 Å². The van der Waals surface area contributed by atoms with Crippen LogP contribution in [0.3, 0.4) is 0 Å². The van der Waals surface area contributed by atoms with Gasteiger partial charge in [-0.15, -0.1) is 10.2 Å². The third-order valence-electron chi connectivity index (χ3n) is 4.91. The van der Waals surface area contributed by atoms with Crippen molar-refractivity contribution in [3.63, 3.8) is 0 Å². The summed E-state index contributed by atoms with van der Waals surface area (Å²) < 4.78 is 7.68. The number of nitrogens with zero attached hydrogens (tertiary/aromatic N) is 4. The van der Waals surface area contributed by atoms with E-state index in [2.05, 4.69) is 51.0 Å². The maximum Gasteiger partial charge on any atom is 0.191 e. The highest BCUT2D eigenvalue weighted by Crippen LogP contribution is 2.29. The normalized spacial score (nSPS) is 18.3. The fourth-order valence-electron chi connectivity index (χ4n) is 3.56. The second kappa shape index (κ2) is 8.10. The van der Waals surface area contributed by atoms with Crippen molar-refractivity contribution in [2.24, 2.45) is 7.05 Å². The van der Waals surface area contributed by atoms with Crippen molar-refractivity contribution in [2.45, 2.75) is 36.2 Å². The quantitative estimate of drug-likeness (QED) is 0.614. The van der Waals surface area contributed by atoms with Gasteiger partial charge in [0.15, 0.2) is 5.16 Å². The molecule has 1 fully saturated rings. The average Bonchev–Trinajstić information content (AvgIpc) is 3.31. The zero-order valence-corrected chi connectivity index (χ0v) is 15.9. The number of likely N-dealkylation sites (tertiary alicyclic amines) is 1. The standard InChI is InChI=1S/C20H24N4OS/c1-23-19(21-22-20(23)26-15-16-7-3-2-4-8-16)17-9-5-11-24(13-17)14-18-10-6-12-25-18/h2-4,6-8,10,12,17H,5,9,11,13-15H2,1H3. The topological polar surface area (TPSA) is 47.1 Å². The van der Waals surface area contributed by atoms with Gasteiger partial charge in [-0.05, 0) is 37.1 Å². The van der Waals surface area contributed by atoms with Gasteiger partial charge in [0.05, 0.1) is 12.8 Å². The van der Waals surface area contributed by atoms with Gasteiger partial charge in [0, 0.05) is 25.3 Å². The highest BCUT2D eigenvalue weighted by atomic mass is 32.2. The van der Waals surface area contributed by atoms with Crippen molar-refractivity contribution >= 4 is 11.8 Å². The number of furan rings is 1. The lowest BCUT2D eigenvalue weighted by molar-refractivity contribution is 0.182. The molecule has 26 heavy (non-hydrogen) atoms. The summed E-state index contributed by atoms with van der Waals surface area (Å²) in [6.07, 6.45) is 4.10. The number of hydrogen-bond acceptors (Lipinski definition) is 5. The van der Waals surface area contributed by atoms with Crippen LogP contribution in [0.25, 0.3) is 0 Å². The van der Waals surface area contributed by atoms with Gasteiger partial charge in [-0.1, -0.05) is 42.1 Å². The van der Waals surface area contributed by atoms with Gasteiger partial charge in [0.2, 0.25) is 0 Å². The number of benzene rings is 1. The van der Waals surface area contributed by atoms with E-state index in [9.17, 15) is 0 Å². The third kappa shape index (κ3) is 4.02. The Morgan fingerprint density at radius 3 is 2.85 bits per heavy atom. The zero-order chi connectivity index (χ0) is 17.8. The third-order valence-corrected chi connectivity index (χ3v) is 6.00. The molecule has 0 saturated carbocycles. The number of piperidine rings is 1. The highest BCUT2D eigenvalue weighted by Gasteiger charge is 2.26. The Balaban J connectivity index is 1.40. The maximum atomic E-state index is 5.50. The predicted molar refractivity (Wildman–Crippen MR) is 103 cm³/mol. The van der Waals surface area contributed by atoms with Crippen molar-refractivity contribution in [3.8, 4) is 0 Å². The lowest BCUT2D eigenvalue weighted by Gasteiger charge is -2.31. The van der Waals surface area contributed by atoms with Crippen LogP contribution >= 0.6 is 11.8 Å². The highest BCUT2D eigenvalue weighted by molar-refractivity contribution is 7.98. The number of thioether (sulfide) groups is 1. The Hall–Kier alpha value is -2.05. The second-order valence-electron chi connectivity index (χ2n) is 6.83. The van der Waals surface area contributed by atoms with Gasteiger partial charge in [-0.3, -0.25) is 4.90 Å². The minimum absolute atomic E-state index is 0.433. The van der Waals surface area contributed by atoms with Gasteiger partial charge < -0.3 is 8.98 Å². The van der Waals surface area contributed by atoms with Gasteiger partial charge >= 0.3 is 0 Å². The van der Waals surface area contributed by atoms with Crippen LogP contribution in [-0.4, -0.2) is 32.8 Å². The van der Waals surface area contributed by atoms with Crippen molar-refractivity contribution in [1.29, 1.82) is 0 Å². The van der Waals surface area contributed by atoms with E-state index in [4.69, 9.17) is 4.42 Å². The molecule has 1 aliphatic rings. The van der Waals surface area contributed by atoms with Crippen LogP contribution < -0.4 is 0 Å². The summed E-state index contributed by atoms with van der Waals surface area (Å²) >= 11 is 1.75. The molecule has 3 aromatic rings. The molecule has 1 aromatic carbocycles. The van der Waals surface area contributed by atoms with E-state index in [1.165, 1.54) is 18.4 Å². The minimum Gasteiger partial charge on any atom is -0.468 e. The monoisotopic (exact) mass is 368 g/mol. The lowest BCUT2D eigenvalue weighted by Crippen LogP contribution is -2.34. The smallest absolute Gasteiger partial charge is 0.191 e. The molecule has 0 radical (unpaired) electrons. The van der Waals surface area contributed by atoms with Crippen LogP contribution in [0.1, 0.15) is 35.9 Å². The Morgan fingerprint density at radius 2 is 2.04 bits per heavy atom. The van der Waals surface area contributed by atoms with E-state index in [0.717, 1.165) is 42.1 Å². The maximum absolute atomic E-state index is 5.50. The molecule has 1 atom stereocenters. The SMILES string of the molecule is Cn1c(SCc2ccccc2)nnc1C1CCCN(Cc2ccco2)C1. The zero-order valence-electron chi connectivity index (χ0n) is 15.0. The summed E-state index contributed by atoms with van der Waals surface area (Å²) in [5, 5.41) is 9.96. The molecule has 5 nitrogen and oxygen atoms in total. The number of hydrogen-bond donors (Lipinski definition) is 0. The first kappa shape index (κ1) is 17.4. The molecule has 4 rings (SSSR count). The van der Waals surface area contributed by atoms with E-state index < -0.39 is 0 Å². The van der Waals surface area contributed by atoms with Crippen LogP contribution in [0.15, 0.2) is 58.3 Å². The largest absolute Gasteiger partial charge is 0.468 e. The lowest BCUT2D eigenvalue weighted by atomic mass is 9.97. The van der Waals surface area contributed by atoms with Crippen molar-refractivity contribution in [2.75, 3.05) is 13.1 Å². The van der Waals surface area contributed by atoms with Crippen molar-refractivity contribution < 1.29 is 4.42 Å². The van der Waals surface area contributed by atoms with Crippen LogP contribution in [0.2, 0.25) is 0 Å². The Bertz CT molecular complexity index is 816. The molecule has 136 valence electrons. The molecule has 0 bridgehead atoms. The molecular weight excluding hydrogens is 344 g/mol. The molecule has 0 N–H and O–H groups in total. The van der Waals surface area contributed by atoms with Crippen LogP contribution in [0, 0.1) is 0 Å². The van der Waals surface area contributed by atoms with Crippen molar-refractivity contribution in [1.82, 2.24) is 19.7 Å². The number of rotatable bonds is 6. The van der Waals surface area contributed by atoms with E-state index in [-0.39, 0.29) is 0 Å².